The van der Waals surface area contributed by atoms with Crippen molar-refractivity contribution in [2.24, 2.45) is 0 Å². The number of aliphatic carboxylic acids is 1. The molecule has 0 aliphatic rings. The lowest BCUT2D eigenvalue weighted by molar-refractivity contribution is -0.136. The Labute approximate surface area is 69.3 Å². The lowest BCUT2D eigenvalue weighted by Gasteiger charge is -1.87. The minimum absolute atomic E-state index is 0.137. The van der Waals surface area contributed by atoms with Gasteiger partial charge in [0.1, 0.15) is 0 Å². The van der Waals surface area contributed by atoms with Crippen molar-refractivity contribution in [2.75, 3.05) is 0 Å². The van der Waals surface area contributed by atoms with E-state index in [4.69, 9.17) is 5.11 Å². The van der Waals surface area contributed by atoms with Gasteiger partial charge in [0.05, 0.1) is 25.6 Å². The van der Waals surface area contributed by atoms with Crippen LogP contribution in [0.25, 0.3) is 0 Å². The third-order valence-electron chi connectivity index (χ3n) is 1.13. The highest BCUT2D eigenvalue weighted by Gasteiger charge is 2.03. The van der Waals surface area contributed by atoms with Crippen molar-refractivity contribution in [1.82, 2.24) is 0 Å². The van der Waals surface area contributed by atoms with Gasteiger partial charge in [0.2, 0.25) is 7.55 Å². The fourth-order valence-corrected chi connectivity index (χ4v) is 6.98. The first kappa shape index (κ1) is 9.07. The van der Waals surface area contributed by atoms with E-state index in [1.165, 1.54) is 15.4 Å². The summed E-state index contributed by atoms with van der Waals surface area (Å²) in [4.78, 5) is 10.2. The van der Waals surface area contributed by atoms with Crippen LogP contribution < -0.4 is 0 Å². The maximum Gasteiger partial charge on any atom is 0.305 e. The Balaban J connectivity index is 2.45. The summed E-state index contributed by atoms with van der Waals surface area (Å²) in [6.07, 6.45) is 1.15. The summed E-state index contributed by atoms with van der Waals surface area (Å²) in [6, 6.07) is 2.05. The Morgan fingerprint density at radius 1 is 1.64 bits per heavy atom. The maximum absolute atomic E-state index is 10.2. The van der Waals surface area contributed by atoms with E-state index in [1.54, 1.807) is 0 Å². The molecule has 0 aliphatic carbocycles. The van der Waals surface area contributed by atoms with Crippen molar-refractivity contribution >= 4 is 28.6 Å². The van der Waals surface area contributed by atoms with Crippen LogP contribution in [0.2, 0.25) is 0 Å². The van der Waals surface area contributed by atoms with Gasteiger partial charge >= 0.3 is 5.97 Å². The first-order chi connectivity index (χ1) is 5.29. The summed E-state index contributed by atoms with van der Waals surface area (Å²) in [5.74, 6) is 3.57. The van der Waals surface area contributed by atoms with Crippen LogP contribution in [0.5, 0.6) is 0 Å². The average molecular weight is 205 g/mol. The van der Waals surface area contributed by atoms with Crippen LogP contribution in [0.1, 0.15) is 6.42 Å². The summed E-state index contributed by atoms with van der Waals surface area (Å²) in [7, 11) is 2.56. The molecule has 0 aromatic carbocycles. The molecular formula is C6H8O2P3+. The quantitative estimate of drug-likeness (QED) is 0.818. The molecule has 0 fully saturated rings. The average Bonchev–Trinajstić information content (AvgIpc) is 2.03. The molecule has 0 amide bonds. The number of aryl methyl sites for hydroxylation is 1. The number of hydrogen-bond acceptors (Lipinski definition) is 1. The largest absolute Gasteiger partial charge is 0.481 e. The van der Waals surface area contributed by atoms with Crippen molar-refractivity contribution in [3.8, 4) is 0 Å². The molecule has 1 N–H and O–H groups in total. The smallest absolute Gasteiger partial charge is 0.305 e. The normalized spacial score (nSPS) is 12.5. The van der Waals surface area contributed by atoms with E-state index in [-0.39, 0.29) is 7.21 Å². The molecular weight excluding hydrogens is 197 g/mol. The fourth-order valence-electron chi connectivity index (χ4n) is 0.632. The predicted molar refractivity (Wildman–Crippen MR) is 50.8 cm³/mol. The Morgan fingerprint density at radius 3 is 3.00 bits per heavy atom. The van der Waals surface area contributed by atoms with Gasteiger partial charge in [-0.3, -0.25) is 4.79 Å². The van der Waals surface area contributed by atoms with Gasteiger partial charge in [0.15, 0.2) is 7.87 Å². The summed E-state index contributed by atoms with van der Waals surface area (Å²) >= 11 is 0. The number of rotatable bonds is 3. The summed E-state index contributed by atoms with van der Waals surface area (Å²) in [5.41, 5.74) is 0. The van der Waals surface area contributed by atoms with E-state index in [9.17, 15) is 4.79 Å². The predicted octanol–water partition coefficient (Wildman–Crippen LogP) is 3.59. The first-order valence-corrected chi connectivity index (χ1v) is 8.05. The van der Waals surface area contributed by atoms with Gasteiger partial charge in [-0.2, -0.15) is 0 Å². The molecule has 1 atom stereocenters. The molecule has 1 aromatic heterocycles. The molecule has 0 radical (unpaired) electrons. The van der Waals surface area contributed by atoms with Gasteiger partial charge in [0.25, 0.3) is 0 Å². The SMILES string of the molecule is O=C(O)CC[p+]1cccpp1. The van der Waals surface area contributed by atoms with E-state index in [1.807, 2.05) is 6.07 Å². The van der Waals surface area contributed by atoms with Crippen LogP contribution in [0.4, 0.5) is 0 Å². The molecule has 0 saturated heterocycles. The van der Waals surface area contributed by atoms with Crippen LogP contribution in [0.15, 0.2) is 17.7 Å². The minimum atomic E-state index is -0.678. The number of carboxylic acids is 1. The van der Waals surface area contributed by atoms with Gasteiger partial charge in [-0.1, -0.05) is 0 Å². The standard InChI is InChI=1S/C6H7O2P3/c7-6(8)2-5-11-4-1-3-9-10-11/h1,3-4H,2,5H2/p+1. The van der Waals surface area contributed by atoms with Crippen molar-refractivity contribution in [3.63, 3.8) is 0 Å². The van der Waals surface area contributed by atoms with Crippen LogP contribution in [0.3, 0.4) is 0 Å². The van der Waals surface area contributed by atoms with Gasteiger partial charge < -0.3 is 5.11 Å². The van der Waals surface area contributed by atoms with E-state index >= 15 is 0 Å². The lowest BCUT2D eigenvalue weighted by atomic mass is 10.5. The second-order valence-corrected chi connectivity index (χ2v) is 8.72. The molecule has 1 heterocycles. The second-order valence-electron chi connectivity index (χ2n) is 2.00. The molecule has 0 saturated carbocycles. The molecule has 0 bridgehead atoms. The molecule has 1 aromatic rings. The molecule has 11 heavy (non-hydrogen) atoms. The molecule has 5 heteroatoms. The van der Waals surface area contributed by atoms with Crippen molar-refractivity contribution in [1.29, 1.82) is 0 Å². The number of hydrogen-bond donors (Lipinski definition) is 1. The zero-order valence-electron chi connectivity index (χ0n) is 5.84. The zero-order chi connectivity index (χ0) is 8.10. The molecule has 2 nitrogen and oxygen atoms in total. The van der Waals surface area contributed by atoms with E-state index in [0.29, 0.717) is 6.42 Å². The molecule has 0 aliphatic heterocycles. The minimum Gasteiger partial charge on any atom is -0.481 e. The van der Waals surface area contributed by atoms with Crippen LogP contribution in [-0.2, 0) is 11.0 Å². The Hall–Kier alpha value is -0.0200. The topological polar surface area (TPSA) is 37.3 Å². The third-order valence-corrected chi connectivity index (χ3v) is 8.37. The van der Waals surface area contributed by atoms with Gasteiger partial charge in [-0.05, 0) is 6.07 Å². The van der Waals surface area contributed by atoms with E-state index < -0.39 is 5.97 Å². The van der Waals surface area contributed by atoms with Crippen LogP contribution >= 0.6 is 22.6 Å². The Bertz CT molecular complexity index is 237. The highest BCUT2D eigenvalue weighted by atomic mass is 32.2. The molecule has 1 unspecified atom stereocenters. The van der Waals surface area contributed by atoms with E-state index in [0.717, 1.165) is 6.16 Å². The van der Waals surface area contributed by atoms with Gasteiger partial charge in [-0.25, -0.2) is 0 Å². The molecule has 0 spiro atoms. The highest BCUT2D eigenvalue weighted by molar-refractivity contribution is 8.20. The Morgan fingerprint density at radius 2 is 2.45 bits per heavy atom. The maximum atomic E-state index is 10.2. The van der Waals surface area contributed by atoms with Gasteiger partial charge in [0, 0.05) is 5.80 Å². The van der Waals surface area contributed by atoms with Crippen molar-refractivity contribution in [3.05, 3.63) is 17.7 Å². The number of carbonyl (C=O) groups is 1. The van der Waals surface area contributed by atoms with Crippen molar-refractivity contribution < 1.29 is 9.90 Å². The summed E-state index contributed by atoms with van der Waals surface area (Å²) < 4.78 is 0. The molecule has 1 rings (SSSR count). The summed E-state index contributed by atoms with van der Waals surface area (Å²) in [6.45, 7) is 0. The number of carboxylic acid groups (broad SMARTS) is 1. The Kier molecular flexibility index (Phi) is 3.94. The lowest BCUT2D eigenvalue weighted by Crippen LogP contribution is -1.92. The van der Waals surface area contributed by atoms with Crippen molar-refractivity contribution in [2.45, 2.75) is 12.6 Å². The second kappa shape index (κ2) is 4.78. The third kappa shape index (κ3) is 3.77. The monoisotopic (exact) mass is 205 g/mol. The molecule has 58 valence electrons. The fraction of sp³-hybridized carbons (Fsp3) is 0.333. The first-order valence-electron chi connectivity index (χ1n) is 3.18. The van der Waals surface area contributed by atoms with Gasteiger partial charge in [-0.15, -0.1) is 0 Å². The summed E-state index contributed by atoms with van der Waals surface area (Å²) in [5, 5.41) is 8.42. The van der Waals surface area contributed by atoms with Crippen LogP contribution in [0, 0.1) is 0 Å². The van der Waals surface area contributed by atoms with Crippen LogP contribution in [-0.4, -0.2) is 11.1 Å². The zero-order valence-corrected chi connectivity index (χ0v) is 8.53. The van der Waals surface area contributed by atoms with E-state index in [2.05, 4.69) is 11.6 Å². The highest BCUT2D eigenvalue weighted by Crippen LogP contribution is 2.43.